The Morgan fingerprint density at radius 2 is 1.93 bits per heavy atom. The number of benzene rings is 1. The van der Waals surface area contributed by atoms with E-state index in [1.807, 2.05) is 24.3 Å². The third kappa shape index (κ3) is 5.10. The summed E-state index contributed by atoms with van der Waals surface area (Å²) in [6.45, 7) is 3.68. The van der Waals surface area contributed by atoms with Gasteiger partial charge in [0, 0.05) is 19.5 Å². The Morgan fingerprint density at radius 1 is 1.22 bits per heavy atom. The van der Waals surface area contributed by atoms with Crippen molar-refractivity contribution in [2.24, 2.45) is 11.1 Å². The molecule has 0 radical (unpaired) electrons. The van der Waals surface area contributed by atoms with Crippen molar-refractivity contribution in [2.45, 2.75) is 25.7 Å². The van der Waals surface area contributed by atoms with Crippen LogP contribution < -0.4 is 10.5 Å². The first-order chi connectivity index (χ1) is 13.0. The number of nitrogens with two attached hydrogens (primary N) is 1. The van der Waals surface area contributed by atoms with Gasteiger partial charge in [0.15, 0.2) is 0 Å². The molecule has 2 fully saturated rings. The monoisotopic (exact) mass is 371 g/mol. The Labute approximate surface area is 161 Å². The molecule has 2 saturated heterocycles. The number of primary amides is 1. The maximum Gasteiger partial charge on any atom is 0.237 e. The number of amides is 2. The number of piperidine rings is 2. The molecule has 146 valence electrons. The second kappa shape index (κ2) is 8.57. The predicted molar refractivity (Wildman–Crippen MR) is 105 cm³/mol. The normalized spacial score (nSPS) is 20.3. The van der Waals surface area contributed by atoms with E-state index >= 15 is 0 Å². The third-order valence-corrected chi connectivity index (χ3v) is 5.80. The fraction of sp³-hybridized carbons (Fsp3) is 0.524. The number of hydrogen-bond donors (Lipinski definition) is 1. The number of carbonyl (C=O) groups is 2. The van der Waals surface area contributed by atoms with Crippen molar-refractivity contribution < 1.29 is 14.3 Å². The zero-order valence-corrected chi connectivity index (χ0v) is 16.0. The Balaban J connectivity index is 1.48. The van der Waals surface area contributed by atoms with Crippen LogP contribution in [0.5, 0.6) is 5.75 Å². The summed E-state index contributed by atoms with van der Waals surface area (Å²) in [5.41, 5.74) is 6.61. The molecule has 0 aromatic heterocycles. The van der Waals surface area contributed by atoms with E-state index in [9.17, 15) is 9.59 Å². The largest absolute Gasteiger partial charge is 0.497 e. The number of likely N-dealkylation sites (tertiary alicyclic amines) is 2. The van der Waals surface area contributed by atoms with Gasteiger partial charge in [0.25, 0.3) is 0 Å². The summed E-state index contributed by atoms with van der Waals surface area (Å²) >= 11 is 0. The first-order valence-electron chi connectivity index (χ1n) is 9.59. The zero-order chi connectivity index (χ0) is 19.3. The summed E-state index contributed by atoms with van der Waals surface area (Å²) in [5.74, 6) is 0.496. The van der Waals surface area contributed by atoms with Gasteiger partial charge in [0.2, 0.25) is 11.8 Å². The highest BCUT2D eigenvalue weighted by Crippen LogP contribution is 2.40. The topological polar surface area (TPSA) is 75.9 Å². The molecule has 0 aliphatic carbocycles. The van der Waals surface area contributed by atoms with Gasteiger partial charge in [-0.1, -0.05) is 24.3 Å². The standard InChI is InChI=1S/C21H29N3O3/c1-27-18-6-4-17(5-7-18)3-2-12-23-13-10-21(11-14-23)9-8-20(26)24(16-21)15-19(22)25/h2-7H,8-16H2,1H3,(H2,22,25). The molecule has 0 unspecified atom stereocenters. The van der Waals surface area contributed by atoms with Crippen LogP contribution in [0, 0.1) is 5.41 Å². The zero-order valence-electron chi connectivity index (χ0n) is 16.0. The molecule has 0 bridgehead atoms. The first kappa shape index (κ1) is 19.4. The SMILES string of the molecule is COc1ccc(C=CCN2CCC3(CCC(=O)N(CC(N)=O)C3)CC2)cc1. The summed E-state index contributed by atoms with van der Waals surface area (Å²) in [4.78, 5) is 27.3. The van der Waals surface area contributed by atoms with E-state index in [4.69, 9.17) is 10.5 Å². The van der Waals surface area contributed by atoms with Crippen molar-refractivity contribution in [1.29, 1.82) is 0 Å². The molecule has 2 amide bonds. The Morgan fingerprint density at radius 3 is 2.56 bits per heavy atom. The molecule has 27 heavy (non-hydrogen) atoms. The molecular weight excluding hydrogens is 342 g/mol. The van der Waals surface area contributed by atoms with Crippen molar-refractivity contribution in [2.75, 3.05) is 39.8 Å². The smallest absolute Gasteiger partial charge is 0.237 e. The molecule has 0 atom stereocenters. The molecule has 6 nitrogen and oxygen atoms in total. The second-order valence-electron chi connectivity index (χ2n) is 7.69. The van der Waals surface area contributed by atoms with Crippen LogP contribution in [0.3, 0.4) is 0 Å². The van der Waals surface area contributed by atoms with E-state index in [-0.39, 0.29) is 17.9 Å². The second-order valence-corrected chi connectivity index (χ2v) is 7.69. The van der Waals surface area contributed by atoms with Crippen LogP contribution >= 0.6 is 0 Å². The quantitative estimate of drug-likeness (QED) is 0.829. The van der Waals surface area contributed by atoms with Crippen LogP contribution in [0.15, 0.2) is 30.3 Å². The van der Waals surface area contributed by atoms with E-state index in [1.165, 1.54) is 0 Å². The molecule has 1 aromatic rings. The molecule has 2 aliphatic heterocycles. The lowest BCUT2D eigenvalue weighted by Gasteiger charge is -2.47. The Kier molecular flexibility index (Phi) is 6.16. The van der Waals surface area contributed by atoms with E-state index in [1.54, 1.807) is 12.0 Å². The van der Waals surface area contributed by atoms with Crippen LogP contribution in [-0.4, -0.2) is 61.4 Å². The van der Waals surface area contributed by atoms with Gasteiger partial charge in [0.1, 0.15) is 5.75 Å². The van der Waals surface area contributed by atoms with Gasteiger partial charge < -0.3 is 15.4 Å². The molecule has 6 heteroatoms. The van der Waals surface area contributed by atoms with Gasteiger partial charge in [-0.05, 0) is 55.5 Å². The Hall–Kier alpha value is -2.34. The lowest BCUT2D eigenvalue weighted by Crippen LogP contribution is -2.53. The van der Waals surface area contributed by atoms with E-state index in [0.717, 1.165) is 50.2 Å². The molecule has 0 saturated carbocycles. The Bertz CT molecular complexity index is 691. The molecule has 3 rings (SSSR count). The average molecular weight is 371 g/mol. The number of methoxy groups -OCH3 is 1. The van der Waals surface area contributed by atoms with Crippen LogP contribution in [-0.2, 0) is 9.59 Å². The molecule has 1 spiro atoms. The maximum atomic E-state index is 12.0. The van der Waals surface area contributed by atoms with Gasteiger partial charge in [-0.25, -0.2) is 0 Å². The number of ether oxygens (including phenoxy) is 1. The van der Waals surface area contributed by atoms with Crippen LogP contribution in [0.2, 0.25) is 0 Å². The molecule has 2 N–H and O–H groups in total. The third-order valence-electron chi connectivity index (χ3n) is 5.80. The fourth-order valence-corrected chi connectivity index (χ4v) is 4.11. The summed E-state index contributed by atoms with van der Waals surface area (Å²) in [6, 6.07) is 8.03. The van der Waals surface area contributed by atoms with Gasteiger partial charge in [-0.2, -0.15) is 0 Å². The highest BCUT2D eigenvalue weighted by molar-refractivity contribution is 5.84. The van der Waals surface area contributed by atoms with Crippen LogP contribution in [0.25, 0.3) is 6.08 Å². The van der Waals surface area contributed by atoms with Gasteiger partial charge in [-0.15, -0.1) is 0 Å². The highest BCUT2D eigenvalue weighted by atomic mass is 16.5. The van der Waals surface area contributed by atoms with E-state index in [2.05, 4.69) is 17.1 Å². The highest BCUT2D eigenvalue weighted by Gasteiger charge is 2.40. The molecular formula is C21H29N3O3. The molecule has 2 aliphatic rings. The predicted octanol–water partition coefficient (Wildman–Crippen LogP) is 1.90. The van der Waals surface area contributed by atoms with Crippen molar-refractivity contribution in [3.63, 3.8) is 0 Å². The minimum absolute atomic E-state index is 0.0505. The van der Waals surface area contributed by atoms with Crippen LogP contribution in [0.4, 0.5) is 0 Å². The van der Waals surface area contributed by atoms with Crippen molar-refractivity contribution >= 4 is 17.9 Å². The first-order valence-corrected chi connectivity index (χ1v) is 9.59. The minimum Gasteiger partial charge on any atom is -0.497 e. The lowest BCUT2D eigenvalue weighted by molar-refractivity contribution is -0.142. The number of rotatable bonds is 6. The van der Waals surface area contributed by atoms with E-state index < -0.39 is 5.91 Å². The lowest BCUT2D eigenvalue weighted by atomic mass is 9.72. The minimum atomic E-state index is -0.429. The van der Waals surface area contributed by atoms with Crippen molar-refractivity contribution in [3.8, 4) is 5.75 Å². The summed E-state index contributed by atoms with van der Waals surface area (Å²) in [5, 5.41) is 0. The van der Waals surface area contributed by atoms with Crippen molar-refractivity contribution in [3.05, 3.63) is 35.9 Å². The number of hydrogen-bond acceptors (Lipinski definition) is 4. The molecule has 1 aromatic carbocycles. The summed E-state index contributed by atoms with van der Waals surface area (Å²) in [7, 11) is 1.67. The van der Waals surface area contributed by atoms with Crippen molar-refractivity contribution in [1.82, 2.24) is 9.80 Å². The fourth-order valence-electron chi connectivity index (χ4n) is 4.11. The van der Waals surface area contributed by atoms with E-state index in [0.29, 0.717) is 13.0 Å². The average Bonchev–Trinajstić information content (AvgIpc) is 2.67. The van der Waals surface area contributed by atoms with Gasteiger partial charge in [-0.3, -0.25) is 14.5 Å². The number of carbonyl (C=O) groups excluding carboxylic acids is 2. The van der Waals surface area contributed by atoms with Gasteiger partial charge in [0.05, 0.1) is 13.7 Å². The number of nitrogens with zero attached hydrogens (tertiary/aromatic N) is 2. The van der Waals surface area contributed by atoms with Gasteiger partial charge >= 0.3 is 0 Å². The summed E-state index contributed by atoms with van der Waals surface area (Å²) < 4.78 is 5.18. The molecule has 2 heterocycles. The van der Waals surface area contributed by atoms with Crippen LogP contribution in [0.1, 0.15) is 31.2 Å². The maximum absolute atomic E-state index is 12.0. The summed E-state index contributed by atoms with van der Waals surface area (Å²) in [6.07, 6.45) is 7.92.